The second-order valence-electron chi connectivity index (χ2n) is 10.5. The quantitative estimate of drug-likeness (QED) is 0.508. The van der Waals surface area contributed by atoms with Gasteiger partial charge in [-0.1, -0.05) is 0 Å². The second kappa shape index (κ2) is 9.95. The Labute approximate surface area is 227 Å². The molecule has 1 amide bonds. The Bertz CT molecular complexity index is 1540. The normalized spacial score (nSPS) is 15.2. The summed E-state index contributed by atoms with van der Waals surface area (Å²) in [6.07, 6.45) is 6.38. The molecular weight excluding hydrogens is 522 g/mol. The summed E-state index contributed by atoms with van der Waals surface area (Å²) < 4.78 is 35.1. The van der Waals surface area contributed by atoms with Crippen LogP contribution in [-0.4, -0.2) is 66.0 Å². The van der Waals surface area contributed by atoms with Crippen molar-refractivity contribution in [1.29, 1.82) is 0 Å². The maximum atomic E-state index is 13.0. The molecule has 0 atom stereocenters. The molecule has 0 aromatic carbocycles. The molecule has 5 rings (SSSR count). The Kier molecular flexibility index (Phi) is 6.79. The third-order valence-corrected chi connectivity index (χ3v) is 7.32. The highest BCUT2D eigenvalue weighted by atomic mass is 32.2. The van der Waals surface area contributed by atoms with Gasteiger partial charge in [-0.2, -0.15) is 0 Å². The Morgan fingerprint density at radius 1 is 1.15 bits per heavy atom. The van der Waals surface area contributed by atoms with Gasteiger partial charge in [0.1, 0.15) is 17.9 Å². The lowest BCUT2D eigenvalue weighted by Crippen LogP contribution is -2.42. The van der Waals surface area contributed by atoms with E-state index in [9.17, 15) is 13.2 Å². The standard InChI is InChI=1S/C26H31N7O5S/c1-16-20(14-28-23-22(16)33(10-11-37-23)25(34)38-26(2,3)4)32-9-7-17-13-29-24(31-19(17)15-32)30-18-6-8-27-21(12-18)39(5,35)36/h6,8,12-14H,7,9-11,15H2,1-5H3,(H,27,29,30,31). The summed E-state index contributed by atoms with van der Waals surface area (Å²) in [4.78, 5) is 34.3. The monoisotopic (exact) mass is 553 g/mol. The highest BCUT2D eigenvalue weighted by molar-refractivity contribution is 7.90. The SMILES string of the molecule is Cc1c(N2CCc3cnc(Nc4ccnc(S(C)(=O)=O)c4)nc3C2)cnc2c1N(C(=O)OC(C)(C)C)CCO2. The third-order valence-electron chi connectivity index (χ3n) is 6.34. The van der Waals surface area contributed by atoms with Crippen molar-refractivity contribution < 1.29 is 22.7 Å². The van der Waals surface area contributed by atoms with Crippen LogP contribution < -0.4 is 19.9 Å². The molecule has 0 aliphatic carbocycles. The van der Waals surface area contributed by atoms with Gasteiger partial charge in [0, 0.05) is 36.4 Å². The van der Waals surface area contributed by atoms with Gasteiger partial charge in [-0.25, -0.2) is 33.1 Å². The number of amides is 1. The summed E-state index contributed by atoms with van der Waals surface area (Å²) in [5, 5.41) is 3.05. The lowest BCUT2D eigenvalue weighted by molar-refractivity contribution is 0.0566. The van der Waals surface area contributed by atoms with Gasteiger partial charge in [-0.15, -0.1) is 0 Å². The number of sulfone groups is 1. The zero-order valence-corrected chi connectivity index (χ0v) is 23.4. The Balaban J connectivity index is 1.40. The summed E-state index contributed by atoms with van der Waals surface area (Å²) in [5.41, 5.74) is 4.13. The predicted molar refractivity (Wildman–Crippen MR) is 145 cm³/mol. The summed E-state index contributed by atoms with van der Waals surface area (Å²) in [6.45, 7) is 9.40. The van der Waals surface area contributed by atoms with Crippen molar-refractivity contribution in [2.75, 3.05) is 41.1 Å². The summed E-state index contributed by atoms with van der Waals surface area (Å²) >= 11 is 0. The van der Waals surface area contributed by atoms with Gasteiger partial charge >= 0.3 is 6.09 Å². The molecule has 2 aliphatic rings. The maximum Gasteiger partial charge on any atom is 0.415 e. The molecule has 3 aromatic rings. The van der Waals surface area contributed by atoms with Crippen molar-refractivity contribution in [3.8, 4) is 5.88 Å². The summed E-state index contributed by atoms with van der Waals surface area (Å²) in [5.74, 6) is 0.761. The van der Waals surface area contributed by atoms with Gasteiger partial charge in [0.05, 0.1) is 30.7 Å². The Hall–Kier alpha value is -4.00. The fraction of sp³-hybridized carbons (Fsp3) is 0.423. The number of nitrogens with one attached hydrogen (secondary N) is 1. The fourth-order valence-electron chi connectivity index (χ4n) is 4.53. The first-order valence-electron chi connectivity index (χ1n) is 12.5. The van der Waals surface area contributed by atoms with E-state index in [1.165, 1.54) is 12.3 Å². The zero-order chi connectivity index (χ0) is 27.9. The molecule has 0 saturated carbocycles. The first kappa shape index (κ1) is 26.6. The van der Waals surface area contributed by atoms with Crippen molar-refractivity contribution in [3.05, 3.63) is 47.5 Å². The van der Waals surface area contributed by atoms with E-state index in [2.05, 4.69) is 25.2 Å². The minimum atomic E-state index is -3.45. The first-order chi connectivity index (χ1) is 18.4. The van der Waals surface area contributed by atoms with Crippen LogP contribution >= 0.6 is 0 Å². The number of rotatable bonds is 4. The third kappa shape index (κ3) is 5.72. The Morgan fingerprint density at radius 3 is 2.69 bits per heavy atom. The lowest BCUT2D eigenvalue weighted by Gasteiger charge is -2.35. The van der Waals surface area contributed by atoms with E-state index < -0.39 is 21.5 Å². The molecule has 0 unspecified atom stereocenters. The van der Waals surface area contributed by atoms with Gasteiger partial charge in [-0.3, -0.25) is 4.90 Å². The number of aromatic nitrogens is 4. The Morgan fingerprint density at radius 2 is 1.95 bits per heavy atom. The largest absolute Gasteiger partial charge is 0.474 e. The summed E-state index contributed by atoms with van der Waals surface area (Å²) in [7, 11) is -3.45. The number of carbonyl (C=O) groups is 1. The van der Waals surface area contributed by atoms with Crippen molar-refractivity contribution >= 4 is 38.9 Å². The first-order valence-corrected chi connectivity index (χ1v) is 14.4. The van der Waals surface area contributed by atoms with Crippen molar-refractivity contribution in [1.82, 2.24) is 19.9 Å². The molecule has 0 saturated heterocycles. The van der Waals surface area contributed by atoms with Crippen LogP contribution in [-0.2, 0) is 27.5 Å². The van der Waals surface area contributed by atoms with Gasteiger partial charge in [0.2, 0.25) is 11.8 Å². The molecule has 206 valence electrons. The van der Waals surface area contributed by atoms with Crippen LogP contribution in [0.15, 0.2) is 35.7 Å². The fourth-order valence-corrected chi connectivity index (χ4v) is 5.13. The van der Waals surface area contributed by atoms with E-state index in [1.807, 2.05) is 27.7 Å². The molecular formula is C26H31N7O5S. The zero-order valence-electron chi connectivity index (χ0n) is 22.6. The van der Waals surface area contributed by atoms with E-state index in [1.54, 1.807) is 23.4 Å². The number of hydrogen-bond donors (Lipinski definition) is 1. The van der Waals surface area contributed by atoms with Crippen LogP contribution in [0.2, 0.25) is 0 Å². The van der Waals surface area contributed by atoms with Gasteiger partial charge in [0.15, 0.2) is 14.9 Å². The maximum absolute atomic E-state index is 13.0. The lowest BCUT2D eigenvalue weighted by atomic mass is 10.0. The molecule has 1 N–H and O–H groups in total. The average Bonchev–Trinajstić information content (AvgIpc) is 2.87. The number of carbonyl (C=O) groups excluding carboxylic acids is 1. The van der Waals surface area contributed by atoms with Crippen LogP contribution in [0.1, 0.15) is 37.6 Å². The number of fused-ring (bicyclic) bond motifs is 2. The van der Waals surface area contributed by atoms with Crippen LogP contribution in [0.25, 0.3) is 0 Å². The highest BCUT2D eigenvalue weighted by Crippen LogP contribution is 2.39. The van der Waals surface area contributed by atoms with E-state index in [0.717, 1.165) is 41.7 Å². The van der Waals surface area contributed by atoms with Crippen LogP contribution in [0.5, 0.6) is 5.88 Å². The molecule has 0 spiro atoms. The van der Waals surface area contributed by atoms with E-state index in [-0.39, 0.29) is 5.03 Å². The highest BCUT2D eigenvalue weighted by Gasteiger charge is 2.32. The number of hydrogen-bond acceptors (Lipinski definition) is 11. The topological polar surface area (TPSA) is 140 Å². The minimum Gasteiger partial charge on any atom is -0.474 e. The predicted octanol–water partition coefficient (Wildman–Crippen LogP) is 3.42. The molecule has 0 fully saturated rings. The smallest absolute Gasteiger partial charge is 0.415 e. The number of anilines is 4. The summed E-state index contributed by atoms with van der Waals surface area (Å²) in [6, 6.07) is 3.11. The van der Waals surface area contributed by atoms with E-state index >= 15 is 0 Å². The van der Waals surface area contributed by atoms with Crippen LogP contribution in [0.4, 0.5) is 27.8 Å². The molecule has 3 aromatic heterocycles. The molecule has 2 aliphatic heterocycles. The number of nitrogens with zero attached hydrogens (tertiary/aromatic N) is 6. The van der Waals surface area contributed by atoms with Gasteiger partial charge in [0.25, 0.3) is 0 Å². The second-order valence-corrected chi connectivity index (χ2v) is 12.5. The molecule has 0 radical (unpaired) electrons. The molecule has 12 nitrogen and oxygen atoms in total. The molecule has 39 heavy (non-hydrogen) atoms. The van der Waals surface area contributed by atoms with Crippen LogP contribution in [0, 0.1) is 6.92 Å². The average molecular weight is 554 g/mol. The van der Waals surface area contributed by atoms with Crippen LogP contribution in [0.3, 0.4) is 0 Å². The number of ether oxygens (including phenoxy) is 2. The van der Waals surface area contributed by atoms with Gasteiger partial charge in [-0.05, 0) is 51.8 Å². The number of pyridine rings is 2. The van der Waals surface area contributed by atoms with Crippen molar-refractivity contribution in [3.63, 3.8) is 0 Å². The minimum absolute atomic E-state index is 0.0311. The van der Waals surface area contributed by atoms with E-state index in [0.29, 0.717) is 42.9 Å². The van der Waals surface area contributed by atoms with Crippen molar-refractivity contribution in [2.24, 2.45) is 0 Å². The molecule has 13 heteroatoms. The van der Waals surface area contributed by atoms with Crippen molar-refractivity contribution in [2.45, 2.75) is 51.3 Å². The van der Waals surface area contributed by atoms with Gasteiger partial charge < -0.3 is 19.7 Å². The van der Waals surface area contributed by atoms with E-state index in [4.69, 9.17) is 14.5 Å². The molecule has 5 heterocycles. The molecule has 0 bridgehead atoms.